The third-order valence-corrected chi connectivity index (χ3v) is 3.11. The van der Waals surface area contributed by atoms with Crippen LogP contribution in [0.2, 0.25) is 0 Å². The normalized spacial score (nSPS) is 19.2. The molecule has 1 aliphatic carbocycles. The Hall–Kier alpha value is -0.590. The van der Waals surface area contributed by atoms with Gasteiger partial charge < -0.3 is 10.1 Å². The van der Waals surface area contributed by atoms with E-state index >= 15 is 0 Å². The van der Waals surface area contributed by atoms with Crippen LogP contribution in [0.5, 0.6) is 0 Å². The number of rotatable bonds is 7. The molecule has 92 valence electrons. The first-order chi connectivity index (χ1) is 7.86. The van der Waals surface area contributed by atoms with E-state index in [1.165, 1.54) is 32.1 Å². The lowest BCUT2D eigenvalue weighted by molar-refractivity contribution is 0.0253. The lowest BCUT2D eigenvalue weighted by atomic mass is 9.98. The molecule has 0 saturated heterocycles. The van der Waals surface area contributed by atoms with Crippen molar-refractivity contribution in [3.63, 3.8) is 0 Å². The van der Waals surface area contributed by atoms with Gasteiger partial charge in [0.2, 0.25) is 0 Å². The number of hydrogen-bond acceptors (Lipinski definition) is 3. The van der Waals surface area contributed by atoms with Crippen LogP contribution in [0.3, 0.4) is 0 Å². The van der Waals surface area contributed by atoms with Crippen LogP contribution in [-0.4, -0.2) is 25.3 Å². The highest BCUT2D eigenvalue weighted by Crippen LogP contribution is 2.20. The Balaban J connectivity index is 2.05. The van der Waals surface area contributed by atoms with Crippen molar-refractivity contribution in [3.05, 3.63) is 0 Å². The average molecular weight is 224 g/mol. The summed E-state index contributed by atoms with van der Waals surface area (Å²) >= 11 is 0. The maximum Gasteiger partial charge on any atom is 0.0975 e. The van der Waals surface area contributed by atoms with Crippen molar-refractivity contribution in [2.45, 2.75) is 64.0 Å². The first kappa shape index (κ1) is 13.5. The molecule has 0 radical (unpaired) electrons. The third-order valence-electron chi connectivity index (χ3n) is 3.11. The van der Waals surface area contributed by atoms with Gasteiger partial charge in [-0.2, -0.15) is 5.26 Å². The summed E-state index contributed by atoms with van der Waals surface area (Å²) < 4.78 is 5.80. The first-order valence-corrected chi connectivity index (χ1v) is 6.61. The van der Waals surface area contributed by atoms with E-state index in [9.17, 15) is 0 Å². The molecule has 0 heterocycles. The fourth-order valence-electron chi connectivity index (χ4n) is 2.12. The Morgan fingerprint density at radius 2 is 2.12 bits per heavy atom. The predicted molar refractivity (Wildman–Crippen MR) is 65.1 cm³/mol. The Kier molecular flexibility index (Phi) is 7.20. The molecule has 16 heavy (non-hydrogen) atoms. The average Bonchev–Trinajstić information content (AvgIpc) is 2.35. The fraction of sp³-hybridized carbons (Fsp3) is 0.923. The molecule has 0 aromatic carbocycles. The van der Waals surface area contributed by atoms with Crippen LogP contribution < -0.4 is 5.32 Å². The van der Waals surface area contributed by atoms with Crippen molar-refractivity contribution in [1.29, 1.82) is 5.26 Å². The van der Waals surface area contributed by atoms with Crippen LogP contribution in [0.25, 0.3) is 0 Å². The van der Waals surface area contributed by atoms with Gasteiger partial charge in [-0.15, -0.1) is 0 Å². The van der Waals surface area contributed by atoms with Crippen molar-refractivity contribution in [2.75, 3.05) is 13.2 Å². The van der Waals surface area contributed by atoms with Gasteiger partial charge in [-0.05, 0) is 32.2 Å². The summed E-state index contributed by atoms with van der Waals surface area (Å²) in [4.78, 5) is 0. The second kappa shape index (κ2) is 8.55. The SMILES string of the molecule is CCCNC(C#N)CCOC1CCCCC1. The summed E-state index contributed by atoms with van der Waals surface area (Å²) in [5, 5.41) is 12.1. The number of nitrogens with zero attached hydrogens (tertiary/aromatic N) is 1. The van der Waals surface area contributed by atoms with Crippen molar-refractivity contribution in [3.8, 4) is 6.07 Å². The smallest absolute Gasteiger partial charge is 0.0975 e. The quantitative estimate of drug-likeness (QED) is 0.723. The molecule has 0 spiro atoms. The van der Waals surface area contributed by atoms with Crippen molar-refractivity contribution < 1.29 is 4.74 Å². The molecule has 1 saturated carbocycles. The van der Waals surface area contributed by atoms with E-state index < -0.39 is 0 Å². The van der Waals surface area contributed by atoms with E-state index in [1.54, 1.807) is 0 Å². The van der Waals surface area contributed by atoms with Gasteiger partial charge in [0.15, 0.2) is 0 Å². The number of nitrogens with one attached hydrogen (secondary N) is 1. The minimum atomic E-state index is -0.0384. The van der Waals surface area contributed by atoms with E-state index in [1.807, 2.05) is 0 Å². The van der Waals surface area contributed by atoms with Crippen LogP contribution in [0, 0.1) is 11.3 Å². The maximum atomic E-state index is 8.92. The third kappa shape index (κ3) is 5.48. The fourth-order valence-corrected chi connectivity index (χ4v) is 2.12. The summed E-state index contributed by atoms with van der Waals surface area (Å²) in [5.41, 5.74) is 0. The topological polar surface area (TPSA) is 45.0 Å². The lowest BCUT2D eigenvalue weighted by Gasteiger charge is -2.22. The highest BCUT2D eigenvalue weighted by atomic mass is 16.5. The van der Waals surface area contributed by atoms with E-state index in [2.05, 4.69) is 18.3 Å². The molecule has 3 heteroatoms. The van der Waals surface area contributed by atoms with Crippen molar-refractivity contribution >= 4 is 0 Å². The summed E-state index contributed by atoms with van der Waals surface area (Å²) in [6.07, 6.45) is 8.73. The maximum absolute atomic E-state index is 8.92. The standard InChI is InChI=1S/C13H24N2O/c1-2-9-15-12(11-14)8-10-16-13-6-4-3-5-7-13/h12-13,15H,2-10H2,1H3. The second-order valence-electron chi connectivity index (χ2n) is 4.56. The van der Waals surface area contributed by atoms with Gasteiger partial charge in [0.05, 0.1) is 18.2 Å². The van der Waals surface area contributed by atoms with Gasteiger partial charge in [0.1, 0.15) is 0 Å². The van der Waals surface area contributed by atoms with E-state index in [-0.39, 0.29) is 6.04 Å². The van der Waals surface area contributed by atoms with Crippen LogP contribution in [-0.2, 0) is 4.74 Å². The minimum absolute atomic E-state index is 0.0384. The Morgan fingerprint density at radius 3 is 2.75 bits per heavy atom. The summed E-state index contributed by atoms with van der Waals surface area (Å²) in [6.45, 7) is 3.75. The largest absolute Gasteiger partial charge is 0.378 e. The molecule has 1 rings (SSSR count). The molecule has 1 unspecified atom stereocenters. The first-order valence-electron chi connectivity index (χ1n) is 6.61. The zero-order valence-corrected chi connectivity index (χ0v) is 10.4. The van der Waals surface area contributed by atoms with E-state index in [4.69, 9.17) is 10.00 Å². The number of hydrogen-bond donors (Lipinski definition) is 1. The zero-order valence-electron chi connectivity index (χ0n) is 10.4. The van der Waals surface area contributed by atoms with E-state index in [0.717, 1.165) is 26.0 Å². The van der Waals surface area contributed by atoms with Gasteiger partial charge in [0, 0.05) is 6.61 Å². The Bertz CT molecular complexity index is 206. The van der Waals surface area contributed by atoms with Crippen LogP contribution in [0.4, 0.5) is 0 Å². The molecule has 3 nitrogen and oxygen atoms in total. The Labute approximate surface area is 99.2 Å². The summed E-state index contributed by atoms with van der Waals surface area (Å²) in [5.74, 6) is 0. The molecule has 0 aromatic rings. The van der Waals surface area contributed by atoms with Crippen molar-refractivity contribution in [2.24, 2.45) is 0 Å². The van der Waals surface area contributed by atoms with Gasteiger partial charge in [-0.1, -0.05) is 26.2 Å². The molecular formula is C13H24N2O. The number of nitriles is 1. The van der Waals surface area contributed by atoms with Crippen LogP contribution >= 0.6 is 0 Å². The summed E-state index contributed by atoms with van der Waals surface area (Å²) in [7, 11) is 0. The van der Waals surface area contributed by atoms with Gasteiger partial charge in [-0.25, -0.2) is 0 Å². The zero-order chi connectivity index (χ0) is 11.6. The van der Waals surface area contributed by atoms with Crippen molar-refractivity contribution in [1.82, 2.24) is 5.32 Å². The molecule has 1 atom stereocenters. The van der Waals surface area contributed by atoms with Gasteiger partial charge >= 0.3 is 0 Å². The molecule has 1 fully saturated rings. The van der Waals surface area contributed by atoms with Gasteiger partial charge in [0.25, 0.3) is 0 Å². The predicted octanol–water partition coefficient (Wildman–Crippen LogP) is 2.62. The molecule has 1 N–H and O–H groups in total. The summed E-state index contributed by atoms with van der Waals surface area (Å²) in [6, 6.07) is 2.25. The second-order valence-corrected chi connectivity index (χ2v) is 4.56. The molecule has 0 bridgehead atoms. The van der Waals surface area contributed by atoms with Crippen LogP contribution in [0.15, 0.2) is 0 Å². The molecule has 0 aliphatic heterocycles. The molecular weight excluding hydrogens is 200 g/mol. The molecule has 0 amide bonds. The van der Waals surface area contributed by atoms with Gasteiger partial charge in [-0.3, -0.25) is 0 Å². The van der Waals surface area contributed by atoms with Crippen LogP contribution in [0.1, 0.15) is 51.9 Å². The monoisotopic (exact) mass is 224 g/mol. The number of ether oxygens (including phenoxy) is 1. The molecule has 1 aliphatic rings. The highest BCUT2D eigenvalue weighted by Gasteiger charge is 2.14. The minimum Gasteiger partial charge on any atom is -0.378 e. The Morgan fingerprint density at radius 1 is 1.38 bits per heavy atom. The highest BCUT2D eigenvalue weighted by molar-refractivity contribution is 4.89. The lowest BCUT2D eigenvalue weighted by Crippen LogP contribution is -2.30. The molecule has 0 aromatic heterocycles. The van der Waals surface area contributed by atoms with E-state index in [0.29, 0.717) is 6.10 Å².